The second-order valence-corrected chi connectivity index (χ2v) is 2.35. The molecule has 1 aromatic heterocycles. The van der Waals surface area contributed by atoms with Crippen LogP contribution in [0.25, 0.3) is 0 Å². The summed E-state index contributed by atoms with van der Waals surface area (Å²) >= 11 is 0. The molecule has 1 rings (SSSR count). The number of aryl methyl sites for hydroxylation is 1. The molecular formula is C7H8N4O. The predicted octanol–water partition coefficient (Wildman–Crippen LogP) is 0.328. The van der Waals surface area contributed by atoms with Gasteiger partial charge in [-0.3, -0.25) is 4.79 Å². The third-order valence-corrected chi connectivity index (χ3v) is 1.33. The molecule has 0 aliphatic rings. The number of nitrogen functional groups attached to an aromatic ring is 1. The number of rotatable bonds is 1. The van der Waals surface area contributed by atoms with Crippen LogP contribution in [-0.2, 0) is 0 Å². The van der Waals surface area contributed by atoms with Crippen molar-refractivity contribution in [1.82, 2.24) is 9.78 Å². The van der Waals surface area contributed by atoms with Gasteiger partial charge in [0.1, 0.15) is 12.2 Å². The summed E-state index contributed by atoms with van der Waals surface area (Å²) in [6, 6.07) is 3.32. The molecule has 1 aromatic rings. The maximum atomic E-state index is 11.1. The number of carbonyl (C=O) groups is 1. The van der Waals surface area contributed by atoms with E-state index in [9.17, 15) is 4.79 Å². The standard InChI is InChI=1S/C7H8N4O/c1-5-4-6(9)11(10-5)7(12)2-3-8/h4H,2,9H2,1H3. The molecule has 0 saturated carbocycles. The van der Waals surface area contributed by atoms with E-state index in [1.807, 2.05) is 0 Å². The molecule has 2 N–H and O–H groups in total. The third kappa shape index (κ3) is 1.42. The minimum Gasteiger partial charge on any atom is -0.383 e. The largest absolute Gasteiger partial charge is 0.383 e. The number of aromatic nitrogens is 2. The van der Waals surface area contributed by atoms with Gasteiger partial charge in [-0.15, -0.1) is 0 Å². The second kappa shape index (κ2) is 3.05. The molecule has 1 heterocycles. The fraction of sp³-hybridized carbons (Fsp3) is 0.286. The van der Waals surface area contributed by atoms with E-state index in [0.717, 1.165) is 4.68 Å². The molecule has 0 saturated heterocycles. The minimum atomic E-state index is -0.400. The average molecular weight is 164 g/mol. The van der Waals surface area contributed by atoms with Crippen molar-refractivity contribution in [1.29, 1.82) is 5.26 Å². The average Bonchev–Trinajstić information content (AvgIpc) is 2.30. The number of nitrogens with two attached hydrogens (primary N) is 1. The lowest BCUT2D eigenvalue weighted by Gasteiger charge is -1.96. The number of nitrogens with zero attached hydrogens (tertiary/aromatic N) is 3. The first kappa shape index (κ1) is 8.27. The van der Waals surface area contributed by atoms with E-state index in [0.29, 0.717) is 5.69 Å². The Bertz CT molecular complexity index is 347. The highest BCUT2D eigenvalue weighted by molar-refractivity contribution is 5.82. The molecule has 0 aromatic carbocycles. The van der Waals surface area contributed by atoms with Crippen molar-refractivity contribution in [3.63, 3.8) is 0 Å². The number of hydrogen-bond acceptors (Lipinski definition) is 4. The quantitative estimate of drug-likeness (QED) is 0.648. The summed E-state index contributed by atoms with van der Waals surface area (Å²) in [6.07, 6.45) is -0.203. The first-order valence-corrected chi connectivity index (χ1v) is 3.37. The van der Waals surface area contributed by atoms with Crippen LogP contribution in [0.3, 0.4) is 0 Å². The van der Waals surface area contributed by atoms with Crippen LogP contribution in [0.1, 0.15) is 16.9 Å². The van der Waals surface area contributed by atoms with Gasteiger partial charge in [-0.25, -0.2) is 0 Å². The van der Waals surface area contributed by atoms with Crippen LogP contribution in [0.5, 0.6) is 0 Å². The van der Waals surface area contributed by atoms with Gasteiger partial charge in [-0.2, -0.15) is 15.0 Å². The summed E-state index contributed by atoms with van der Waals surface area (Å²) < 4.78 is 1.04. The molecule has 0 aliphatic carbocycles. The van der Waals surface area contributed by atoms with Gasteiger partial charge >= 0.3 is 0 Å². The fourth-order valence-corrected chi connectivity index (χ4v) is 0.862. The lowest BCUT2D eigenvalue weighted by atomic mass is 10.4. The predicted molar refractivity (Wildman–Crippen MR) is 42.2 cm³/mol. The lowest BCUT2D eigenvalue weighted by Crippen LogP contribution is -2.13. The first-order valence-electron chi connectivity index (χ1n) is 3.37. The van der Waals surface area contributed by atoms with Crippen molar-refractivity contribution in [3.8, 4) is 6.07 Å². The Labute approximate surface area is 69.4 Å². The Morgan fingerprint density at radius 3 is 3.00 bits per heavy atom. The summed E-state index contributed by atoms with van der Waals surface area (Å²) in [4.78, 5) is 11.1. The maximum Gasteiger partial charge on any atom is 0.262 e. The van der Waals surface area contributed by atoms with E-state index in [1.165, 1.54) is 0 Å². The first-order chi connectivity index (χ1) is 5.65. The molecule has 0 spiro atoms. The molecule has 0 fully saturated rings. The van der Waals surface area contributed by atoms with Gasteiger partial charge in [0.2, 0.25) is 0 Å². The van der Waals surface area contributed by atoms with Gasteiger partial charge in [0, 0.05) is 6.07 Å². The Hall–Kier alpha value is -1.83. The fourth-order valence-electron chi connectivity index (χ4n) is 0.862. The Balaban J connectivity index is 2.96. The zero-order valence-corrected chi connectivity index (χ0v) is 6.61. The van der Waals surface area contributed by atoms with E-state index < -0.39 is 5.91 Å². The van der Waals surface area contributed by atoms with Crippen LogP contribution in [0.15, 0.2) is 6.07 Å². The van der Waals surface area contributed by atoms with Crippen LogP contribution < -0.4 is 5.73 Å². The molecule has 0 radical (unpaired) electrons. The summed E-state index contributed by atoms with van der Waals surface area (Å²) in [6.45, 7) is 1.73. The lowest BCUT2D eigenvalue weighted by molar-refractivity contribution is 0.0906. The van der Waals surface area contributed by atoms with Crippen molar-refractivity contribution in [3.05, 3.63) is 11.8 Å². The SMILES string of the molecule is Cc1cc(N)n(C(=O)CC#N)n1. The summed E-state index contributed by atoms with van der Waals surface area (Å²) in [5, 5.41) is 12.1. The van der Waals surface area contributed by atoms with Crippen LogP contribution >= 0.6 is 0 Å². The zero-order valence-electron chi connectivity index (χ0n) is 6.61. The maximum absolute atomic E-state index is 11.1. The van der Waals surface area contributed by atoms with Gasteiger partial charge in [0.25, 0.3) is 5.91 Å². The normalized spacial score (nSPS) is 9.33. The summed E-state index contributed by atoms with van der Waals surface area (Å²) in [5.74, 6) is -0.129. The third-order valence-electron chi connectivity index (χ3n) is 1.33. The van der Waals surface area contributed by atoms with Gasteiger partial charge in [-0.1, -0.05) is 0 Å². The van der Waals surface area contributed by atoms with Crippen molar-refractivity contribution < 1.29 is 4.79 Å². The van der Waals surface area contributed by atoms with Gasteiger partial charge in [-0.05, 0) is 6.92 Å². The molecule has 5 heteroatoms. The van der Waals surface area contributed by atoms with E-state index in [-0.39, 0.29) is 12.2 Å². The molecule has 0 unspecified atom stereocenters. The number of nitriles is 1. The minimum absolute atomic E-state index is 0.203. The monoisotopic (exact) mass is 164 g/mol. The van der Waals surface area contributed by atoms with Crippen molar-refractivity contribution >= 4 is 11.7 Å². The number of anilines is 1. The Morgan fingerprint density at radius 1 is 1.92 bits per heavy atom. The number of hydrogen-bond donors (Lipinski definition) is 1. The van der Waals surface area contributed by atoms with Crippen LogP contribution in [0, 0.1) is 18.3 Å². The summed E-state index contributed by atoms with van der Waals surface area (Å²) in [7, 11) is 0. The molecule has 62 valence electrons. The molecule has 5 nitrogen and oxygen atoms in total. The summed E-state index contributed by atoms with van der Waals surface area (Å²) in [5.41, 5.74) is 6.11. The van der Waals surface area contributed by atoms with Crippen molar-refractivity contribution in [2.24, 2.45) is 0 Å². The molecule has 0 bridgehead atoms. The Morgan fingerprint density at radius 2 is 2.58 bits per heavy atom. The smallest absolute Gasteiger partial charge is 0.262 e. The van der Waals surface area contributed by atoms with Crippen LogP contribution in [-0.4, -0.2) is 15.7 Å². The van der Waals surface area contributed by atoms with Crippen LogP contribution in [0.2, 0.25) is 0 Å². The van der Waals surface area contributed by atoms with Crippen molar-refractivity contribution in [2.45, 2.75) is 13.3 Å². The molecule has 0 aliphatic heterocycles. The second-order valence-electron chi connectivity index (χ2n) is 2.35. The molecule has 12 heavy (non-hydrogen) atoms. The van der Waals surface area contributed by atoms with Gasteiger partial charge in [0.05, 0.1) is 11.8 Å². The highest BCUT2D eigenvalue weighted by atomic mass is 16.2. The van der Waals surface area contributed by atoms with E-state index in [1.54, 1.807) is 19.1 Å². The van der Waals surface area contributed by atoms with Crippen LogP contribution in [0.4, 0.5) is 5.82 Å². The van der Waals surface area contributed by atoms with E-state index in [2.05, 4.69) is 5.10 Å². The van der Waals surface area contributed by atoms with Gasteiger partial charge in [0.15, 0.2) is 0 Å². The highest BCUT2D eigenvalue weighted by Crippen LogP contribution is 2.05. The highest BCUT2D eigenvalue weighted by Gasteiger charge is 2.09. The topological polar surface area (TPSA) is 84.7 Å². The molecule has 0 atom stereocenters. The van der Waals surface area contributed by atoms with E-state index in [4.69, 9.17) is 11.0 Å². The van der Waals surface area contributed by atoms with E-state index >= 15 is 0 Å². The van der Waals surface area contributed by atoms with Crippen molar-refractivity contribution in [2.75, 3.05) is 5.73 Å². The zero-order chi connectivity index (χ0) is 9.14. The number of carbonyl (C=O) groups excluding carboxylic acids is 1. The molecular weight excluding hydrogens is 156 g/mol. The van der Waals surface area contributed by atoms with Gasteiger partial charge < -0.3 is 5.73 Å². The molecule has 0 amide bonds. The Kier molecular flexibility index (Phi) is 2.10.